The monoisotopic (exact) mass is 266 g/mol. The predicted octanol–water partition coefficient (Wildman–Crippen LogP) is 1.83. The molecule has 0 spiro atoms. The van der Waals surface area contributed by atoms with Crippen molar-refractivity contribution in [2.75, 3.05) is 25.0 Å². The Hall–Kier alpha value is -1.69. The number of amides is 2. The molecular formula is C13H19FN4O. The van der Waals surface area contributed by atoms with Crippen LogP contribution in [0.5, 0.6) is 0 Å². The van der Waals surface area contributed by atoms with Gasteiger partial charge in [-0.1, -0.05) is 6.92 Å². The second-order valence-electron chi connectivity index (χ2n) is 4.62. The fourth-order valence-corrected chi connectivity index (χ4v) is 2.36. The van der Waals surface area contributed by atoms with Gasteiger partial charge in [0.2, 0.25) is 0 Å². The summed E-state index contributed by atoms with van der Waals surface area (Å²) < 4.78 is 12.7. The van der Waals surface area contributed by atoms with Crippen molar-refractivity contribution in [2.24, 2.45) is 0 Å². The van der Waals surface area contributed by atoms with E-state index in [1.165, 1.54) is 18.6 Å². The summed E-state index contributed by atoms with van der Waals surface area (Å²) in [6.45, 7) is 4.86. The first-order valence-corrected chi connectivity index (χ1v) is 6.59. The van der Waals surface area contributed by atoms with Gasteiger partial charge < -0.3 is 5.32 Å². The van der Waals surface area contributed by atoms with Gasteiger partial charge in [-0.25, -0.2) is 14.2 Å². The maximum Gasteiger partial charge on any atom is 0.320 e. The Bertz CT molecular complexity index is 423. The third-order valence-corrected chi connectivity index (χ3v) is 3.37. The first-order valence-electron chi connectivity index (χ1n) is 6.59. The molecule has 0 radical (unpaired) electrons. The predicted molar refractivity (Wildman–Crippen MR) is 71.5 cm³/mol. The van der Waals surface area contributed by atoms with Crippen LogP contribution < -0.4 is 10.6 Å². The van der Waals surface area contributed by atoms with E-state index in [0.29, 0.717) is 18.4 Å². The van der Waals surface area contributed by atoms with E-state index in [9.17, 15) is 9.18 Å². The Balaban J connectivity index is 1.77. The Morgan fingerprint density at radius 3 is 3.11 bits per heavy atom. The lowest BCUT2D eigenvalue weighted by Gasteiger charge is -2.22. The highest BCUT2D eigenvalue weighted by Gasteiger charge is 2.23. The van der Waals surface area contributed by atoms with E-state index < -0.39 is 5.82 Å². The van der Waals surface area contributed by atoms with Crippen molar-refractivity contribution < 1.29 is 9.18 Å². The highest BCUT2D eigenvalue weighted by atomic mass is 19.1. The largest absolute Gasteiger partial charge is 0.336 e. The lowest BCUT2D eigenvalue weighted by atomic mass is 10.2. The molecule has 1 unspecified atom stereocenters. The van der Waals surface area contributed by atoms with Crippen LogP contribution in [0, 0.1) is 5.82 Å². The summed E-state index contributed by atoms with van der Waals surface area (Å²) in [5.74, 6) is -0.0758. The van der Waals surface area contributed by atoms with Crippen molar-refractivity contribution in [3.63, 3.8) is 0 Å². The fourth-order valence-electron chi connectivity index (χ4n) is 2.36. The van der Waals surface area contributed by atoms with E-state index >= 15 is 0 Å². The summed E-state index contributed by atoms with van der Waals surface area (Å²) in [5, 5.41) is 5.41. The average molecular weight is 266 g/mol. The quantitative estimate of drug-likeness (QED) is 0.874. The summed E-state index contributed by atoms with van der Waals surface area (Å²) in [6, 6.07) is 2.81. The van der Waals surface area contributed by atoms with Crippen molar-refractivity contribution >= 4 is 11.8 Å². The van der Waals surface area contributed by atoms with Gasteiger partial charge in [-0.2, -0.15) is 0 Å². The van der Waals surface area contributed by atoms with Crippen molar-refractivity contribution in [3.05, 3.63) is 24.1 Å². The molecule has 19 heavy (non-hydrogen) atoms. The van der Waals surface area contributed by atoms with Crippen LogP contribution in [0.15, 0.2) is 18.3 Å². The number of urea groups is 1. The summed E-state index contributed by atoms with van der Waals surface area (Å²) >= 11 is 0. The summed E-state index contributed by atoms with van der Waals surface area (Å²) in [7, 11) is 0. The molecule has 0 aromatic carbocycles. The normalized spacial score (nSPS) is 19.4. The minimum atomic E-state index is -0.421. The van der Waals surface area contributed by atoms with Crippen LogP contribution >= 0.6 is 0 Å². The third kappa shape index (κ3) is 3.89. The molecule has 6 heteroatoms. The van der Waals surface area contributed by atoms with Gasteiger partial charge in [-0.05, 0) is 38.1 Å². The Morgan fingerprint density at radius 2 is 2.42 bits per heavy atom. The zero-order valence-corrected chi connectivity index (χ0v) is 11.0. The van der Waals surface area contributed by atoms with Crippen LogP contribution in [0.4, 0.5) is 15.0 Å². The molecule has 1 aliphatic heterocycles. The SMILES string of the molecule is CCN1CCCC1CNC(=O)Nc1ccc(F)cn1. The number of rotatable bonds is 4. The molecule has 1 aliphatic rings. The van der Waals surface area contributed by atoms with Gasteiger partial charge in [0, 0.05) is 12.6 Å². The van der Waals surface area contributed by atoms with Gasteiger partial charge in [-0.3, -0.25) is 10.2 Å². The molecule has 2 rings (SSSR count). The summed E-state index contributed by atoms with van der Waals surface area (Å²) in [6.07, 6.45) is 3.37. The highest BCUT2D eigenvalue weighted by molar-refractivity contribution is 5.88. The van der Waals surface area contributed by atoms with Crippen LogP contribution in [0.25, 0.3) is 0 Å². The lowest BCUT2D eigenvalue weighted by molar-refractivity contribution is 0.238. The molecule has 5 nitrogen and oxygen atoms in total. The van der Waals surface area contributed by atoms with E-state index in [2.05, 4.69) is 27.4 Å². The van der Waals surface area contributed by atoms with E-state index in [4.69, 9.17) is 0 Å². The number of hydrogen-bond donors (Lipinski definition) is 2. The molecule has 104 valence electrons. The molecule has 2 heterocycles. The second kappa shape index (κ2) is 6.47. The maximum atomic E-state index is 12.7. The van der Waals surface area contributed by atoms with Gasteiger partial charge in [0.15, 0.2) is 0 Å². The fraction of sp³-hybridized carbons (Fsp3) is 0.538. The number of nitrogens with zero attached hydrogens (tertiary/aromatic N) is 2. The van der Waals surface area contributed by atoms with Gasteiger partial charge in [0.1, 0.15) is 11.6 Å². The van der Waals surface area contributed by atoms with Crippen LogP contribution in [-0.4, -0.2) is 41.6 Å². The van der Waals surface area contributed by atoms with E-state index in [0.717, 1.165) is 25.7 Å². The van der Waals surface area contributed by atoms with Crippen molar-refractivity contribution in [3.8, 4) is 0 Å². The molecule has 0 saturated carbocycles. The topological polar surface area (TPSA) is 57.3 Å². The molecule has 1 saturated heterocycles. The van der Waals surface area contributed by atoms with Crippen molar-refractivity contribution in [2.45, 2.75) is 25.8 Å². The van der Waals surface area contributed by atoms with Gasteiger partial charge in [0.05, 0.1) is 6.20 Å². The Morgan fingerprint density at radius 1 is 1.58 bits per heavy atom. The van der Waals surface area contributed by atoms with E-state index in [1.54, 1.807) is 0 Å². The average Bonchev–Trinajstić information content (AvgIpc) is 2.86. The number of halogens is 1. The second-order valence-corrected chi connectivity index (χ2v) is 4.62. The minimum Gasteiger partial charge on any atom is -0.336 e. The van der Waals surface area contributed by atoms with Crippen LogP contribution in [0.3, 0.4) is 0 Å². The van der Waals surface area contributed by atoms with Crippen LogP contribution in [0.2, 0.25) is 0 Å². The number of pyridine rings is 1. The van der Waals surface area contributed by atoms with Crippen molar-refractivity contribution in [1.82, 2.24) is 15.2 Å². The highest BCUT2D eigenvalue weighted by Crippen LogP contribution is 2.15. The molecule has 0 aliphatic carbocycles. The number of carbonyl (C=O) groups excluding carboxylic acids is 1. The number of anilines is 1. The molecular weight excluding hydrogens is 247 g/mol. The summed E-state index contributed by atoms with van der Waals surface area (Å²) in [4.78, 5) is 17.8. The van der Waals surface area contributed by atoms with Gasteiger partial charge in [-0.15, -0.1) is 0 Å². The summed E-state index contributed by atoms with van der Waals surface area (Å²) in [5.41, 5.74) is 0. The smallest absolute Gasteiger partial charge is 0.320 e. The first kappa shape index (κ1) is 13.7. The number of likely N-dealkylation sites (tertiary alicyclic amines) is 1. The zero-order chi connectivity index (χ0) is 13.7. The molecule has 1 fully saturated rings. The van der Waals surface area contributed by atoms with Crippen LogP contribution in [-0.2, 0) is 0 Å². The number of nitrogens with one attached hydrogen (secondary N) is 2. The zero-order valence-electron chi connectivity index (χ0n) is 11.0. The lowest BCUT2D eigenvalue weighted by Crippen LogP contribution is -2.41. The maximum absolute atomic E-state index is 12.7. The molecule has 2 N–H and O–H groups in total. The van der Waals surface area contributed by atoms with Gasteiger partial charge in [0.25, 0.3) is 0 Å². The molecule has 0 bridgehead atoms. The Kier molecular flexibility index (Phi) is 4.68. The number of hydrogen-bond acceptors (Lipinski definition) is 3. The van der Waals surface area contributed by atoms with E-state index in [1.807, 2.05) is 0 Å². The van der Waals surface area contributed by atoms with Gasteiger partial charge >= 0.3 is 6.03 Å². The molecule has 1 atom stereocenters. The number of likely N-dealkylation sites (N-methyl/N-ethyl adjacent to an activating group) is 1. The first-order chi connectivity index (χ1) is 9.19. The number of aromatic nitrogens is 1. The van der Waals surface area contributed by atoms with Crippen LogP contribution in [0.1, 0.15) is 19.8 Å². The van der Waals surface area contributed by atoms with E-state index in [-0.39, 0.29) is 6.03 Å². The number of carbonyl (C=O) groups is 1. The minimum absolute atomic E-state index is 0.304. The standard InChI is InChI=1S/C13H19FN4O/c1-2-18-7-3-4-11(18)9-16-13(19)17-12-6-5-10(14)8-15-12/h5-6,8,11H,2-4,7,9H2,1H3,(H2,15,16,17,19). The van der Waals surface area contributed by atoms with Crippen molar-refractivity contribution in [1.29, 1.82) is 0 Å². The Labute approximate surface area is 112 Å². The molecule has 2 amide bonds. The third-order valence-electron chi connectivity index (χ3n) is 3.37. The molecule has 1 aromatic rings. The molecule has 1 aromatic heterocycles.